The van der Waals surface area contributed by atoms with Gasteiger partial charge in [-0.25, -0.2) is 0 Å². The second-order valence-corrected chi connectivity index (χ2v) is 5.44. The number of halogens is 1. The van der Waals surface area contributed by atoms with Crippen LogP contribution in [0.2, 0.25) is 5.02 Å². The van der Waals surface area contributed by atoms with E-state index in [-0.39, 0.29) is 12.1 Å². The summed E-state index contributed by atoms with van der Waals surface area (Å²) < 4.78 is 0. The fraction of sp³-hybridized carbons (Fsp3) is 0.538. The van der Waals surface area contributed by atoms with Gasteiger partial charge in [-0.05, 0) is 44.9 Å². The van der Waals surface area contributed by atoms with E-state index in [4.69, 9.17) is 11.6 Å². The van der Waals surface area contributed by atoms with E-state index >= 15 is 0 Å². The Morgan fingerprint density at radius 1 is 1.44 bits per heavy atom. The largest absolute Gasteiger partial charge is 0.392 e. The monoisotopic (exact) mass is 239 g/mol. The van der Waals surface area contributed by atoms with Crippen LogP contribution in [0.4, 0.5) is 5.69 Å². The normalized spacial score (nSPS) is 19.1. The molecule has 0 saturated carbocycles. The molecule has 1 fully saturated rings. The van der Waals surface area contributed by atoms with Crippen LogP contribution < -0.4 is 4.90 Å². The highest BCUT2D eigenvalue weighted by molar-refractivity contribution is 6.30. The average Bonchev–Trinajstić information content (AvgIpc) is 2.58. The summed E-state index contributed by atoms with van der Waals surface area (Å²) in [5, 5.41) is 10.1. The average molecular weight is 240 g/mol. The SMILES string of the molecule is CC1(C)CCCN1c1ccc(Cl)cc1CO. The highest BCUT2D eigenvalue weighted by atomic mass is 35.5. The van der Waals surface area contributed by atoms with Crippen LogP contribution in [0.5, 0.6) is 0 Å². The van der Waals surface area contributed by atoms with Crippen LogP contribution in [-0.2, 0) is 6.61 Å². The van der Waals surface area contributed by atoms with Crippen LogP contribution >= 0.6 is 11.6 Å². The maximum atomic E-state index is 9.39. The molecule has 2 rings (SSSR count). The van der Waals surface area contributed by atoms with Gasteiger partial charge in [0.15, 0.2) is 0 Å². The minimum absolute atomic E-state index is 0.0441. The number of hydrogen-bond acceptors (Lipinski definition) is 2. The third kappa shape index (κ3) is 2.04. The van der Waals surface area contributed by atoms with Gasteiger partial charge in [0, 0.05) is 28.4 Å². The van der Waals surface area contributed by atoms with Crippen molar-refractivity contribution < 1.29 is 5.11 Å². The lowest BCUT2D eigenvalue weighted by atomic mass is 10.0. The standard InChI is InChI=1S/C13H18ClNO/c1-13(2)6-3-7-15(13)12-5-4-11(14)8-10(12)9-16/h4-5,8,16H,3,6-7,9H2,1-2H3. The van der Waals surface area contributed by atoms with Gasteiger partial charge in [-0.3, -0.25) is 0 Å². The van der Waals surface area contributed by atoms with E-state index in [0.717, 1.165) is 17.8 Å². The Labute approximate surface area is 102 Å². The summed E-state index contributed by atoms with van der Waals surface area (Å²) in [5.74, 6) is 0. The van der Waals surface area contributed by atoms with E-state index in [1.54, 1.807) is 0 Å². The molecule has 1 aromatic rings. The first-order chi connectivity index (χ1) is 7.54. The number of benzene rings is 1. The minimum atomic E-state index is 0.0441. The zero-order chi connectivity index (χ0) is 11.8. The molecule has 1 aliphatic rings. The van der Waals surface area contributed by atoms with Crippen LogP contribution in [0.1, 0.15) is 32.3 Å². The molecule has 88 valence electrons. The van der Waals surface area contributed by atoms with Gasteiger partial charge in [0.1, 0.15) is 0 Å². The maximum absolute atomic E-state index is 9.39. The zero-order valence-electron chi connectivity index (χ0n) is 9.83. The molecule has 0 amide bonds. The molecule has 0 radical (unpaired) electrons. The van der Waals surface area contributed by atoms with Crippen molar-refractivity contribution in [1.29, 1.82) is 0 Å². The smallest absolute Gasteiger partial charge is 0.0702 e. The summed E-state index contributed by atoms with van der Waals surface area (Å²) in [7, 11) is 0. The summed E-state index contributed by atoms with van der Waals surface area (Å²) >= 11 is 5.94. The van der Waals surface area contributed by atoms with Gasteiger partial charge >= 0.3 is 0 Å². The first kappa shape index (κ1) is 11.7. The number of aliphatic hydroxyl groups excluding tert-OH is 1. The van der Waals surface area contributed by atoms with Gasteiger partial charge in [-0.15, -0.1) is 0 Å². The lowest BCUT2D eigenvalue weighted by Gasteiger charge is -2.35. The summed E-state index contributed by atoms with van der Waals surface area (Å²) in [4.78, 5) is 2.37. The molecule has 16 heavy (non-hydrogen) atoms. The van der Waals surface area contributed by atoms with E-state index in [2.05, 4.69) is 18.7 Å². The Bertz CT molecular complexity index is 390. The first-order valence-corrected chi connectivity index (χ1v) is 6.09. The van der Waals surface area contributed by atoms with E-state index in [0.29, 0.717) is 5.02 Å². The Morgan fingerprint density at radius 3 is 2.75 bits per heavy atom. The lowest BCUT2D eigenvalue weighted by molar-refractivity contribution is 0.281. The van der Waals surface area contributed by atoms with Crippen LogP contribution in [0.3, 0.4) is 0 Å². The van der Waals surface area contributed by atoms with Gasteiger partial charge in [-0.2, -0.15) is 0 Å². The first-order valence-electron chi connectivity index (χ1n) is 5.71. The van der Waals surface area contributed by atoms with Gasteiger partial charge in [-0.1, -0.05) is 11.6 Å². The molecule has 1 saturated heterocycles. The molecule has 3 heteroatoms. The number of anilines is 1. The Balaban J connectivity index is 2.40. The molecular weight excluding hydrogens is 222 g/mol. The highest BCUT2D eigenvalue weighted by Crippen LogP contribution is 2.36. The quantitative estimate of drug-likeness (QED) is 0.857. The third-order valence-corrected chi connectivity index (χ3v) is 3.64. The molecule has 1 aromatic carbocycles. The van der Waals surface area contributed by atoms with Crippen molar-refractivity contribution in [3.63, 3.8) is 0 Å². The van der Waals surface area contributed by atoms with Gasteiger partial charge in [0.25, 0.3) is 0 Å². The molecule has 0 spiro atoms. The van der Waals surface area contributed by atoms with Crippen molar-refractivity contribution >= 4 is 17.3 Å². The number of aliphatic hydroxyl groups is 1. The molecule has 0 bridgehead atoms. The minimum Gasteiger partial charge on any atom is -0.392 e. The van der Waals surface area contributed by atoms with E-state index in [1.165, 1.54) is 12.8 Å². The van der Waals surface area contributed by atoms with E-state index < -0.39 is 0 Å². The summed E-state index contributed by atoms with van der Waals surface area (Å²) in [6, 6.07) is 5.76. The molecular formula is C13H18ClNO. The molecule has 0 unspecified atom stereocenters. The lowest BCUT2D eigenvalue weighted by Crippen LogP contribution is -2.38. The molecule has 1 N–H and O–H groups in total. The molecule has 1 heterocycles. The third-order valence-electron chi connectivity index (χ3n) is 3.40. The van der Waals surface area contributed by atoms with E-state index in [9.17, 15) is 5.11 Å². The van der Waals surface area contributed by atoms with Crippen molar-refractivity contribution in [3.8, 4) is 0 Å². The predicted octanol–water partition coefficient (Wildman–Crippen LogP) is 3.21. The van der Waals surface area contributed by atoms with Crippen molar-refractivity contribution in [3.05, 3.63) is 28.8 Å². The van der Waals surface area contributed by atoms with Crippen molar-refractivity contribution in [1.82, 2.24) is 0 Å². The molecule has 2 nitrogen and oxygen atoms in total. The predicted molar refractivity (Wildman–Crippen MR) is 68.0 cm³/mol. The Kier molecular flexibility index (Phi) is 3.13. The molecule has 1 aliphatic heterocycles. The number of nitrogens with zero attached hydrogens (tertiary/aromatic N) is 1. The molecule has 0 atom stereocenters. The molecule has 0 aromatic heterocycles. The fourth-order valence-electron chi connectivity index (χ4n) is 2.50. The van der Waals surface area contributed by atoms with Crippen molar-refractivity contribution in [2.45, 2.75) is 38.8 Å². The number of rotatable bonds is 2. The fourth-order valence-corrected chi connectivity index (χ4v) is 2.69. The maximum Gasteiger partial charge on any atom is 0.0702 e. The highest BCUT2D eigenvalue weighted by Gasteiger charge is 2.32. The van der Waals surface area contributed by atoms with Crippen LogP contribution in [0, 0.1) is 0 Å². The summed E-state index contributed by atoms with van der Waals surface area (Å²) in [5.41, 5.74) is 2.22. The Hall–Kier alpha value is -0.730. The van der Waals surface area contributed by atoms with Crippen molar-refractivity contribution in [2.75, 3.05) is 11.4 Å². The summed E-state index contributed by atoms with van der Waals surface area (Å²) in [6.45, 7) is 5.59. The zero-order valence-corrected chi connectivity index (χ0v) is 10.6. The second-order valence-electron chi connectivity index (χ2n) is 5.00. The van der Waals surface area contributed by atoms with Gasteiger partial charge in [0.05, 0.1) is 6.61 Å². The van der Waals surface area contributed by atoms with Crippen LogP contribution in [0.25, 0.3) is 0 Å². The van der Waals surface area contributed by atoms with E-state index in [1.807, 2.05) is 18.2 Å². The summed E-state index contributed by atoms with van der Waals surface area (Å²) in [6.07, 6.45) is 2.40. The molecule has 0 aliphatic carbocycles. The van der Waals surface area contributed by atoms with Gasteiger partial charge in [0.2, 0.25) is 0 Å². The number of hydrogen-bond donors (Lipinski definition) is 1. The van der Waals surface area contributed by atoms with Crippen LogP contribution in [0.15, 0.2) is 18.2 Å². The van der Waals surface area contributed by atoms with Crippen molar-refractivity contribution in [2.24, 2.45) is 0 Å². The Morgan fingerprint density at radius 2 is 2.19 bits per heavy atom. The second kappa shape index (κ2) is 4.27. The topological polar surface area (TPSA) is 23.5 Å². The van der Waals surface area contributed by atoms with Crippen LogP contribution in [-0.4, -0.2) is 17.2 Å². The van der Waals surface area contributed by atoms with Gasteiger partial charge < -0.3 is 10.0 Å².